The Morgan fingerprint density at radius 1 is 1.62 bits per heavy atom. The Hall–Kier alpha value is -1.13. The molecule has 0 spiro atoms. The first-order valence-corrected chi connectivity index (χ1v) is 6.56. The van der Waals surface area contributed by atoms with Crippen molar-refractivity contribution in [3.8, 4) is 0 Å². The Labute approximate surface area is 98.8 Å². The van der Waals surface area contributed by atoms with Gasteiger partial charge >= 0.3 is 0 Å². The first-order valence-electron chi connectivity index (χ1n) is 5.68. The van der Waals surface area contributed by atoms with E-state index in [9.17, 15) is 0 Å². The molecule has 3 nitrogen and oxygen atoms in total. The van der Waals surface area contributed by atoms with Gasteiger partial charge in [0, 0.05) is 11.4 Å². The number of nitrogens with zero attached hydrogens (tertiary/aromatic N) is 2. The molecular formula is C12H15N3S. The molecule has 1 unspecified atom stereocenters. The molecular weight excluding hydrogens is 218 g/mol. The maximum atomic E-state index is 4.32. The number of aromatic nitrogens is 2. The third-order valence-electron chi connectivity index (χ3n) is 3.06. The maximum absolute atomic E-state index is 4.32. The van der Waals surface area contributed by atoms with Gasteiger partial charge in [0.2, 0.25) is 0 Å². The van der Waals surface area contributed by atoms with Gasteiger partial charge in [-0.05, 0) is 32.4 Å². The molecule has 0 bridgehead atoms. The Morgan fingerprint density at radius 3 is 3.38 bits per heavy atom. The van der Waals surface area contributed by atoms with Gasteiger partial charge in [-0.2, -0.15) is 0 Å². The summed E-state index contributed by atoms with van der Waals surface area (Å²) in [4.78, 5) is 5.54. The number of aryl methyl sites for hydroxylation is 1. The lowest BCUT2D eigenvalue weighted by atomic mass is 10.2. The predicted molar refractivity (Wildman–Crippen MR) is 67.9 cm³/mol. The highest BCUT2D eigenvalue weighted by molar-refractivity contribution is 7.15. The second-order valence-electron chi connectivity index (χ2n) is 4.20. The normalized spacial score (nSPS) is 21.4. The van der Waals surface area contributed by atoms with E-state index in [0.717, 1.165) is 12.4 Å². The van der Waals surface area contributed by atoms with E-state index in [0.29, 0.717) is 6.04 Å². The van der Waals surface area contributed by atoms with Crippen LogP contribution in [0.25, 0.3) is 10.9 Å². The highest BCUT2D eigenvalue weighted by atomic mass is 32.1. The summed E-state index contributed by atoms with van der Waals surface area (Å²) < 4.78 is 2.20. The second-order valence-corrected chi connectivity index (χ2v) is 5.09. The Morgan fingerprint density at radius 2 is 2.56 bits per heavy atom. The molecule has 1 fully saturated rings. The van der Waals surface area contributed by atoms with Crippen LogP contribution < -0.4 is 5.32 Å². The van der Waals surface area contributed by atoms with Crippen molar-refractivity contribution < 1.29 is 0 Å². The van der Waals surface area contributed by atoms with Crippen LogP contribution >= 0.6 is 11.3 Å². The minimum absolute atomic E-state index is 0.554. The standard InChI is InChI=1S/C12H15N3S/c1-9-14-7-12-15(9)11(8-16-12)5-4-10-3-2-6-13-10/h4-5,7-8,10,13H,2-3,6H2,1H3. The third-order valence-corrected chi connectivity index (χ3v) is 3.95. The number of hydrogen-bond acceptors (Lipinski definition) is 3. The zero-order valence-electron chi connectivity index (χ0n) is 9.31. The Balaban J connectivity index is 1.90. The first kappa shape index (κ1) is 10.1. The zero-order chi connectivity index (χ0) is 11.0. The molecule has 16 heavy (non-hydrogen) atoms. The first-order chi connectivity index (χ1) is 7.84. The van der Waals surface area contributed by atoms with Crippen LogP contribution in [0, 0.1) is 6.92 Å². The van der Waals surface area contributed by atoms with Gasteiger partial charge in [0.25, 0.3) is 0 Å². The number of hydrogen-bond donors (Lipinski definition) is 1. The molecule has 1 atom stereocenters. The van der Waals surface area contributed by atoms with Crippen LogP contribution in [-0.4, -0.2) is 22.0 Å². The number of fused-ring (bicyclic) bond motifs is 1. The third kappa shape index (κ3) is 1.68. The van der Waals surface area contributed by atoms with Crippen molar-refractivity contribution >= 4 is 22.2 Å². The molecule has 0 aromatic carbocycles. The van der Waals surface area contributed by atoms with Crippen molar-refractivity contribution in [1.82, 2.24) is 14.7 Å². The lowest BCUT2D eigenvalue weighted by molar-refractivity contribution is 0.730. The molecule has 3 rings (SSSR count). The fraction of sp³-hybridized carbons (Fsp3) is 0.417. The molecule has 0 saturated carbocycles. The summed E-state index contributed by atoms with van der Waals surface area (Å²) >= 11 is 1.75. The number of imidazole rings is 1. The summed E-state index contributed by atoms with van der Waals surface area (Å²) in [7, 11) is 0. The maximum Gasteiger partial charge on any atom is 0.120 e. The van der Waals surface area contributed by atoms with E-state index in [1.807, 2.05) is 13.1 Å². The van der Waals surface area contributed by atoms with Crippen molar-refractivity contribution in [2.24, 2.45) is 0 Å². The molecule has 1 N–H and O–H groups in total. The minimum Gasteiger partial charge on any atom is -0.311 e. The van der Waals surface area contributed by atoms with Gasteiger partial charge in [-0.15, -0.1) is 11.3 Å². The van der Waals surface area contributed by atoms with Gasteiger partial charge in [-0.1, -0.05) is 6.08 Å². The van der Waals surface area contributed by atoms with E-state index in [4.69, 9.17) is 0 Å². The van der Waals surface area contributed by atoms with Crippen molar-refractivity contribution in [3.63, 3.8) is 0 Å². The average Bonchev–Trinajstić information content (AvgIpc) is 2.96. The van der Waals surface area contributed by atoms with E-state index in [2.05, 4.69) is 32.2 Å². The topological polar surface area (TPSA) is 29.3 Å². The largest absolute Gasteiger partial charge is 0.311 e. The summed E-state index contributed by atoms with van der Waals surface area (Å²) in [6, 6.07) is 0.554. The summed E-state index contributed by atoms with van der Waals surface area (Å²) in [5.74, 6) is 1.07. The molecule has 1 aliphatic heterocycles. The minimum atomic E-state index is 0.554. The quantitative estimate of drug-likeness (QED) is 0.863. The zero-order valence-corrected chi connectivity index (χ0v) is 10.1. The number of rotatable bonds is 2. The Bertz CT molecular complexity index is 517. The molecule has 2 aromatic rings. The fourth-order valence-electron chi connectivity index (χ4n) is 2.20. The predicted octanol–water partition coefficient (Wildman–Crippen LogP) is 2.47. The van der Waals surface area contributed by atoms with Crippen molar-refractivity contribution in [2.45, 2.75) is 25.8 Å². The molecule has 0 amide bonds. The molecule has 0 radical (unpaired) electrons. The van der Waals surface area contributed by atoms with Gasteiger partial charge in [-0.25, -0.2) is 4.98 Å². The van der Waals surface area contributed by atoms with Crippen LogP contribution in [0.3, 0.4) is 0 Å². The summed E-state index contributed by atoms with van der Waals surface area (Å²) in [5.41, 5.74) is 1.24. The van der Waals surface area contributed by atoms with Crippen molar-refractivity contribution in [2.75, 3.05) is 6.54 Å². The van der Waals surface area contributed by atoms with Crippen LogP contribution in [0.4, 0.5) is 0 Å². The number of nitrogens with one attached hydrogen (secondary N) is 1. The van der Waals surface area contributed by atoms with Crippen LogP contribution in [0.15, 0.2) is 17.7 Å². The Kier molecular flexibility index (Phi) is 2.53. The van der Waals surface area contributed by atoms with Crippen LogP contribution in [0.2, 0.25) is 0 Å². The average molecular weight is 233 g/mol. The monoisotopic (exact) mass is 233 g/mol. The smallest absolute Gasteiger partial charge is 0.120 e. The number of thiazole rings is 1. The molecule has 84 valence electrons. The van der Waals surface area contributed by atoms with Gasteiger partial charge in [0.1, 0.15) is 10.7 Å². The molecule has 2 aromatic heterocycles. The molecule has 1 saturated heterocycles. The van der Waals surface area contributed by atoms with E-state index in [1.54, 1.807) is 11.3 Å². The van der Waals surface area contributed by atoms with Crippen molar-refractivity contribution in [3.05, 3.63) is 29.2 Å². The summed E-state index contributed by atoms with van der Waals surface area (Å²) in [5, 5.41) is 5.66. The van der Waals surface area contributed by atoms with Gasteiger partial charge in [-0.3, -0.25) is 4.40 Å². The summed E-state index contributed by atoms with van der Waals surface area (Å²) in [6.45, 7) is 3.20. The summed E-state index contributed by atoms with van der Waals surface area (Å²) in [6.07, 6.45) is 8.96. The lowest BCUT2D eigenvalue weighted by Gasteiger charge is -2.01. The van der Waals surface area contributed by atoms with E-state index < -0.39 is 0 Å². The molecule has 1 aliphatic rings. The fourth-order valence-corrected chi connectivity index (χ4v) is 3.08. The van der Waals surface area contributed by atoms with E-state index in [-0.39, 0.29) is 0 Å². The van der Waals surface area contributed by atoms with Gasteiger partial charge in [0.15, 0.2) is 0 Å². The highest BCUT2D eigenvalue weighted by Crippen LogP contribution is 2.20. The molecule has 4 heteroatoms. The second kappa shape index (κ2) is 4.03. The van der Waals surface area contributed by atoms with Gasteiger partial charge < -0.3 is 5.32 Å². The van der Waals surface area contributed by atoms with Crippen LogP contribution in [0.5, 0.6) is 0 Å². The molecule has 3 heterocycles. The SMILES string of the molecule is Cc1ncc2scc(C=CC3CCCN3)n12. The van der Waals surface area contributed by atoms with E-state index in [1.165, 1.54) is 23.4 Å². The van der Waals surface area contributed by atoms with Crippen LogP contribution in [-0.2, 0) is 0 Å². The highest BCUT2D eigenvalue weighted by Gasteiger charge is 2.10. The van der Waals surface area contributed by atoms with Gasteiger partial charge in [0.05, 0.1) is 11.9 Å². The van der Waals surface area contributed by atoms with Crippen LogP contribution in [0.1, 0.15) is 24.4 Å². The van der Waals surface area contributed by atoms with E-state index >= 15 is 0 Å². The van der Waals surface area contributed by atoms with Crippen molar-refractivity contribution in [1.29, 1.82) is 0 Å². The molecule has 0 aliphatic carbocycles. The lowest BCUT2D eigenvalue weighted by Crippen LogP contribution is -2.18.